The molecule has 0 amide bonds. The van der Waals surface area contributed by atoms with Gasteiger partial charge >= 0.3 is 0 Å². The molecular formula is C9H10ClN5S. The number of halogens is 1. The van der Waals surface area contributed by atoms with E-state index in [9.17, 15) is 0 Å². The smallest absolute Gasteiger partial charge is 0.193 e. The van der Waals surface area contributed by atoms with Crippen LogP contribution < -0.4 is 15.4 Å². The average molecular weight is 256 g/mol. The van der Waals surface area contributed by atoms with Crippen LogP contribution in [0.15, 0.2) is 33.3 Å². The van der Waals surface area contributed by atoms with Gasteiger partial charge < -0.3 is 15.4 Å². The normalized spacial score (nSPS) is 30.9. The Bertz CT molecular complexity index is 441. The number of hydrogen-bond donors (Lipinski definition) is 3. The highest BCUT2D eigenvalue weighted by atomic mass is 35.5. The van der Waals surface area contributed by atoms with Crippen LogP contribution in [0.4, 0.5) is 0 Å². The molecule has 0 aromatic carbocycles. The number of hydrogen-bond acceptors (Lipinski definition) is 6. The molecule has 0 aromatic rings. The fourth-order valence-electron chi connectivity index (χ4n) is 1.70. The second-order valence-electron chi connectivity index (χ2n) is 3.57. The first kappa shape index (κ1) is 10.0. The Morgan fingerprint density at radius 1 is 1.56 bits per heavy atom. The van der Waals surface area contributed by atoms with Crippen molar-refractivity contribution in [3.63, 3.8) is 0 Å². The number of fused-ring (bicyclic) bond motifs is 1. The van der Waals surface area contributed by atoms with Gasteiger partial charge in [0.1, 0.15) is 5.71 Å². The molecule has 0 fully saturated rings. The Hall–Kier alpha value is -1.14. The van der Waals surface area contributed by atoms with Gasteiger partial charge in [-0.1, -0.05) is 17.7 Å². The van der Waals surface area contributed by atoms with Crippen molar-refractivity contribution < 1.29 is 0 Å². The van der Waals surface area contributed by atoms with Gasteiger partial charge in [-0.15, -0.1) is 0 Å². The van der Waals surface area contributed by atoms with Crippen LogP contribution in [0.3, 0.4) is 0 Å². The van der Waals surface area contributed by atoms with E-state index in [1.165, 1.54) is 12.1 Å². The number of alkyl halides is 1. The highest BCUT2D eigenvalue weighted by Crippen LogP contribution is 2.30. The first-order valence-electron chi connectivity index (χ1n) is 4.94. The van der Waals surface area contributed by atoms with Gasteiger partial charge in [-0.3, -0.25) is 4.99 Å². The zero-order valence-corrected chi connectivity index (χ0v) is 9.90. The van der Waals surface area contributed by atoms with Crippen LogP contribution in [0.25, 0.3) is 0 Å². The summed E-state index contributed by atoms with van der Waals surface area (Å²) in [5.41, 5.74) is 1.73. The molecule has 5 nitrogen and oxygen atoms in total. The lowest BCUT2D eigenvalue weighted by molar-refractivity contribution is 0.809. The molecule has 2 heterocycles. The molecule has 3 aliphatic rings. The van der Waals surface area contributed by atoms with Gasteiger partial charge in [0.15, 0.2) is 11.0 Å². The van der Waals surface area contributed by atoms with Crippen molar-refractivity contribution in [1.29, 1.82) is 0 Å². The first-order chi connectivity index (χ1) is 7.78. The Labute approximate surface area is 102 Å². The maximum absolute atomic E-state index is 6.51. The summed E-state index contributed by atoms with van der Waals surface area (Å²) in [7, 11) is 0. The SMILES string of the molecule is ClC1(NC2=NCCN2)C=CC=C2NSN=C21. The lowest BCUT2D eigenvalue weighted by Gasteiger charge is -2.27. The van der Waals surface area contributed by atoms with E-state index in [1.54, 1.807) is 0 Å². The zero-order valence-electron chi connectivity index (χ0n) is 8.33. The van der Waals surface area contributed by atoms with Crippen molar-refractivity contribution in [2.45, 2.75) is 5.00 Å². The summed E-state index contributed by atoms with van der Waals surface area (Å²) in [6, 6.07) is 0. The molecule has 3 rings (SSSR count). The topological polar surface area (TPSA) is 60.8 Å². The average Bonchev–Trinajstić information content (AvgIpc) is 2.88. The number of aliphatic imine (C=N–C) groups is 1. The molecule has 1 atom stereocenters. The minimum atomic E-state index is -0.809. The third-order valence-corrected chi connectivity index (χ3v) is 3.44. The van der Waals surface area contributed by atoms with Crippen LogP contribution in [0, 0.1) is 0 Å². The molecule has 7 heteroatoms. The van der Waals surface area contributed by atoms with Crippen molar-refractivity contribution in [2.75, 3.05) is 13.1 Å². The summed E-state index contributed by atoms with van der Waals surface area (Å²) in [6.45, 7) is 1.63. The van der Waals surface area contributed by atoms with Crippen molar-refractivity contribution in [3.05, 3.63) is 23.9 Å². The maximum atomic E-state index is 6.51. The maximum Gasteiger partial charge on any atom is 0.193 e. The molecule has 0 saturated heterocycles. The minimum absolute atomic E-state index is 0.723. The van der Waals surface area contributed by atoms with E-state index in [1.807, 2.05) is 18.2 Å². The van der Waals surface area contributed by atoms with E-state index in [4.69, 9.17) is 11.6 Å². The van der Waals surface area contributed by atoms with Crippen molar-refractivity contribution in [3.8, 4) is 0 Å². The van der Waals surface area contributed by atoms with Gasteiger partial charge in [0.05, 0.1) is 24.4 Å². The number of allylic oxidation sites excluding steroid dienone is 2. The number of rotatable bonds is 1. The Balaban J connectivity index is 1.87. The van der Waals surface area contributed by atoms with Gasteiger partial charge in [-0.25, -0.2) is 0 Å². The van der Waals surface area contributed by atoms with Gasteiger partial charge in [-0.2, -0.15) is 4.40 Å². The number of nitrogens with zero attached hydrogens (tertiary/aromatic N) is 2. The molecule has 2 aliphatic heterocycles. The minimum Gasteiger partial charge on any atom is -0.354 e. The van der Waals surface area contributed by atoms with Crippen LogP contribution in [-0.2, 0) is 0 Å². The zero-order chi connectivity index (χ0) is 11.0. The van der Waals surface area contributed by atoms with Gasteiger partial charge in [-0.05, 0) is 12.2 Å². The Morgan fingerprint density at radius 2 is 2.50 bits per heavy atom. The van der Waals surface area contributed by atoms with Crippen molar-refractivity contribution in [2.24, 2.45) is 9.39 Å². The predicted octanol–water partition coefficient (Wildman–Crippen LogP) is 0.531. The second-order valence-corrected chi connectivity index (χ2v) is 4.73. The number of nitrogens with one attached hydrogen (secondary N) is 3. The Morgan fingerprint density at radius 3 is 3.31 bits per heavy atom. The standard InChI is InChI=1S/C9H10ClN5S/c10-9(13-8-11-4-5-12-8)3-1-2-6-7(9)15-16-14-6/h1-3,14H,4-5H2,(H2,11,12,13). The fraction of sp³-hybridized carbons (Fsp3) is 0.333. The largest absolute Gasteiger partial charge is 0.354 e. The predicted molar refractivity (Wildman–Crippen MR) is 67.4 cm³/mol. The van der Waals surface area contributed by atoms with Crippen molar-refractivity contribution >= 4 is 35.4 Å². The van der Waals surface area contributed by atoms with E-state index < -0.39 is 5.00 Å². The summed E-state index contributed by atoms with van der Waals surface area (Å²) in [4.78, 5) is 3.45. The lowest BCUT2D eigenvalue weighted by atomic mass is 10.0. The molecule has 3 N–H and O–H groups in total. The van der Waals surface area contributed by atoms with Gasteiger partial charge in [0.2, 0.25) is 0 Å². The van der Waals surface area contributed by atoms with Crippen LogP contribution >= 0.6 is 23.7 Å². The van der Waals surface area contributed by atoms with Crippen molar-refractivity contribution in [1.82, 2.24) is 15.4 Å². The van der Waals surface area contributed by atoms with Crippen LogP contribution in [0.1, 0.15) is 0 Å². The van der Waals surface area contributed by atoms with Crippen LogP contribution in [-0.4, -0.2) is 29.8 Å². The summed E-state index contributed by atoms with van der Waals surface area (Å²) in [5.74, 6) is 0.723. The third kappa shape index (κ3) is 1.58. The molecule has 0 bridgehead atoms. The van der Waals surface area contributed by atoms with E-state index in [-0.39, 0.29) is 0 Å². The monoisotopic (exact) mass is 255 g/mol. The van der Waals surface area contributed by atoms with Crippen LogP contribution in [0.2, 0.25) is 0 Å². The number of guanidine groups is 1. The lowest BCUT2D eigenvalue weighted by Crippen LogP contribution is -2.53. The molecule has 1 aliphatic carbocycles. The third-order valence-electron chi connectivity index (χ3n) is 2.46. The molecule has 0 spiro atoms. The van der Waals surface area contributed by atoms with E-state index >= 15 is 0 Å². The Kier molecular flexibility index (Phi) is 2.33. The molecule has 16 heavy (non-hydrogen) atoms. The molecule has 1 unspecified atom stereocenters. The summed E-state index contributed by atoms with van der Waals surface area (Å²) in [5, 5.41) is 6.29. The molecular weight excluding hydrogens is 246 g/mol. The van der Waals surface area contributed by atoms with E-state index in [0.29, 0.717) is 0 Å². The fourth-order valence-corrected chi connectivity index (χ4v) is 2.70. The molecule has 84 valence electrons. The van der Waals surface area contributed by atoms with Gasteiger partial charge in [0, 0.05) is 6.54 Å². The highest BCUT2D eigenvalue weighted by molar-refractivity contribution is 7.96. The quantitative estimate of drug-likeness (QED) is 0.364. The van der Waals surface area contributed by atoms with Gasteiger partial charge in [0.25, 0.3) is 0 Å². The molecule has 0 aromatic heterocycles. The highest BCUT2D eigenvalue weighted by Gasteiger charge is 2.38. The van der Waals surface area contributed by atoms with E-state index in [0.717, 1.165) is 30.5 Å². The molecule has 0 radical (unpaired) electrons. The second kappa shape index (κ2) is 3.71. The summed E-state index contributed by atoms with van der Waals surface area (Å²) < 4.78 is 7.36. The van der Waals surface area contributed by atoms with E-state index in [2.05, 4.69) is 24.7 Å². The summed E-state index contributed by atoms with van der Waals surface area (Å²) in [6.07, 6.45) is 5.72. The first-order valence-corrected chi connectivity index (χ1v) is 6.09. The molecule has 0 saturated carbocycles. The van der Waals surface area contributed by atoms with Crippen LogP contribution in [0.5, 0.6) is 0 Å². The summed E-state index contributed by atoms with van der Waals surface area (Å²) >= 11 is 7.80.